The Morgan fingerprint density at radius 3 is 2.89 bits per heavy atom. The molecule has 0 bridgehead atoms. The van der Waals surface area contributed by atoms with Gasteiger partial charge in [0, 0.05) is 31.1 Å². The van der Waals surface area contributed by atoms with Crippen LogP contribution in [0.25, 0.3) is 0 Å². The molecule has 2 unspecified atom stereocenters. The number of hydrogen-bond donors (Lipinski definition) is 0. The van der Waals surface area contributed by atoms with E-state index in [0.29, 0.717) is 18.0 Å². The first kappa shape index (κ1) is 14.3. The van der Waals surface area contributed by atoms with Crippen LogP contribution in [-0.2, 0) is 5.88 Å². The molecule has 2 rings (SSSR count). The number of nitrogens with zero attached hydrogens (tertiary/aromatic N) is 3. The molecule has 102 valence electrons. The third kappa shape index (κ3) is 3.05. The molecule has 3 nitrogen and oxygen atoms in total. The lowest BCUT2D eigenvalue weighted by Crippen LogP contribution is -2.50. The van der Waals surface area contributed by atoms with Gasteiger partial charge < -0.3 is 4.90 Å². The average molecular weight is 288 g/mol. The van der Waals surface area contributed by atoms with Crippen LogP contribution in [-0.4, -0.2) is 47.5 Å². The van der Waals surface area contributed by atoms with E-state index in [1.54, 1.807) is 11.3 Å². The van der Waals surface area contributed by atoms with Gasteiger partial charge in [0.2, 0.25) is 0 Å². The van der Waals surface area contributed by atoms with Gasteiger partial charge in [0.05, 0.1) is 17.6 Å². The van der Waals surface area contributed by atoms with Gasteiger partial charge in [0.25, 0.3) is 0 Å². The van der Waals surface area contributed by atoms with Gasteiger partial charge in [0.1, 0.15) is 5.01 Å². The summed E-state index contributed by atoms with van der Waals surface area (Å²) in [6, 6.07) is 1.09. The van der Waals surface area contributed by atoms with Gasteiger partial charge in [-0.05, 0) is 20.4 Å². The predicted molar refractivity (Wildman–Crippen MR) is 78.4 cm³/mol. The van der Waals surface area contributed by atoms with Crippen LogP contribution in [0.15, 0.2) is 5.38 Å². The molecule has 2 heterocycles. The van der Waals surface area contributed by atoms with E-state index >= 15 is 0 Å². The Labute approximate surface area is 119 Å². The Morgan fingerprint density at radius 2 is 2.33 bits per heavy atom. The van der Waals surface area contributed by atoms with Crippen LogP contribution in [0.5, 0.6) is 0 Å². The fourth-order valence-corrected chi connectivity index (χ4v) is 3.75. The summed E-state index contributed by atoms with van der Waals surface area (Å²) in [5, 5.41) is 3.31. The lowest BCUT2D eigenvalue weighted by molar-refractivity contribution is 0.0698. The standard InChI is InChI=1S/C13H22ClN3S/c1-4-12(13-15-11(7-14)9-18-13)17-6-5-16(3)10(2)8-17/h9-10,12H,4-8H2,1-3H3. The van der Waals surface area contributed by atoms with E-state index in [-0.39, 0.29) is 0 Å². The number of halogens is 1. The molecule has 1 aliphatic rings. The molecule has 0 aromatic carbocycles. The molecule has 2 atom stereocenters. The maximum absolute atomic E-state index is 5.84. The fraction of sp³-hybridized carbons (Fsp3) is 0.769. The molecule has 0 amide bonds. The molecule has 1 aromatic rings. The van der Waals surface area contributed by atoms with Crippen molar-refractivity contribution < 1.29 is 0 Å². The van der Waals surface area contributed by atoms with Crippen molar-refractivity contribution in [3.8, 4) is 0 Å². The van der Waals surface area contributed by atoms with Crippen molar-refractivity contribution in [2.45, 2.75) is 38.2 Å². The second-order valence-corrected chi connectivity index (χ2v) is 6.22. The van der Waals surface area contributed by atoms with Gasteiger partial charge in [-0.2, -0.15) is 0 Å². The van der Waals surface area contributed by atoms with Crippen LogP contribution in [0, 0.1) is 0 Å². The molecule has 1 aromatic heterocycles. The Morgan fingerprint density at radius 1 is 1.56 bits per heavy atom. The van der Waals surface area contributed by atoms with E-state index in [4.69, 9.17) is 11.6 Å². The quantitative estimate of drug-likeness (QED) is 0.794. The van der Waals surface area contributed by atoms with E-state index in [1.165, 1.54) is 5.01 Å². The van der Waals surface area contributed by atoms with Crippen molar-refractivity contribution in [3.63, 3.8) is 0 Å². The highest BCUT2D eigenvalue weighted by molar-refractivity contribution is 7.09. The van der Waals surface area contributed by atoms with Gasteiger partial charge in [0.15, 0.2) is 0 Å². The van der Waals surface area contributed by atoms with Gasteiger partial charge in [-0.1, -0.05) is 6.92 Å². The third-order valence-corrected chi connectivity index (χ3v) is 5.08. The minimum Gasteiger partial charge on any atom is -0.301 e. The Balaban J connectivity index is 2.08. The van der Waals surface area contributed by atoms with E-state index in [9.17, 15) is 0 Å². The molecule has 0 saturated carbocycles. The largest absolute Gasteiger partial charge is 0.301 e. The van der Waals surface area contributed by atoms with Crippen LogP contribution in [0.4, 0.5) is 0 Å². The second-order valence-electron chi connectivity index (χ2n) is 5.06. The lowest BCUT2D eigenvalue weighted by Gasteiger charge is -2.41. The fourth-order valence-electron chi connectivity index (χ4n) is 2.49. The first-order valence-corrected chi connectivity index (χ1v) is 8.01. The SMILES string of the molecule is CCC(c1nc(CCl)cs1)N1CCN(C)C(C)C1. The first-order valence-electron chi connectivity index (χ1n) is 6.60. The van der Waals surface area contributed by atoms with E-state index in [1.807, 2.05) is 0 Å². The summed E-state index contributed by atoms with van der Waals surface area (Å²) in [6.45, 7) is 7.95. The van der Waals surface area contributed by atoms with Gasteiger partial charge >= 0.3 is 0 Å². The van der Waals surface area contributed by atoms with Crippen LogP contribution >= 0.6 is 22.9 Å². The first-order chi connectivity index (χ1) is 8.65. The molecule has 5 heteroatoms. The highest BCUT2D eigenvalue weighted by Gasteiger charge is 2.28. The second kappa shape index (κ2) is 6.33. The van der Waals surface area contributed by atoms with Crippen molar-refractivity contribution in [1.82, 2.24) is 14.8 Å². The van der Waals surface area contributed by atoms with E-state index < -0.39 is 0 Å². The molecule has 1 aliphatic heterocycles. The lowest BCUT2D eigenvalue weighted by atomic mass is 10.1. The van der Waals surface area contributed by atoms with Crippen molar-refractivity contribution in [2.75, 3.05) is 26.7 Å². The smallest absolute Gasteiger partial charge is 0.110 e. The van der Waals surface area contributed by atoms with Crippen LogP contribution in [0.1, 0.15) is 37.0 Å². The van der Waals surface area contributed by atoms with Gasteiger partial charge in [-0.15, -0.1) is 22.9 Å². The number of aromatic nitrogens is 1. The van der Waals surface area contributed by atoms with Crippen molar-refractivity contribution in [3.05, 3.63) is 16.1 Å². The summed E-state index contributed by atoms with van der Waals surface area (Å²) in [5.74, 6) is 0.520. The molecule has 18 heavy (non-hydrogen) atoms. The summed E-state index contributed by atoms with van der Waals surface area (Å²) < 4.78 is 0. The number of hydrogen-bond acceptors (Lipinski definition) is 4. The summed E-state index contributed by atoms with van der Waals surface area (Å²) in [6.07, 6.45) is 1.12. The molecule has 0 radical (unpaired) electrons. The third-order valence-electron chi connectivity index (χ3n) is 3.81. The summed E-state index contributed by atoms with van der Waals surface area (Å²) in [5.41, 5.74) is 1.01. The Hall–Kier alpha value is -0.160. The highest BCUT2D eigenvalue weighted by Crippen LogP contribution is 2.29. The number of thiazole rings is 1. The normalized spacial score (nSPS) is 24.3. The zero-order valence-corrected chi connectivity index (χ0v) is 13.0. The van der Waals surface area contributed by atoms with Gasteiger partial charge in [-0.25, -0.2) is 4.98 Å². The van der Waals surface area contributed by atoms with Crippen LogP contribution in [0.3, 0.4) is 0 Å². The minimum atomic E-state index is 0.461. The number of rotatable bonds is 4. The monoisotopic (exact) mass is 287 g/mol. The molecule has 0 spiro atoms. The summed E-state index contributed by atoms with van der Waals surface area (Å²) in [4.78, 5) is 9.65. The Bertz CT molecular complexity index is 382. The highest BCUT2D eigenvalue weighted by atomic mass is 35.5. The molecular formula is C13H22ClN3S. The number of likely N-dealkylation sites (N-methyl/N-ethyl adjacent to an activating group) is 1. The summed E-state index contributed by atoms with van der Waals surface area (Å²) in [7, 11) is 2.21. The van der Waals surface area contributed by atoms with Crippen molar-refractivity contribution in [2.24, 2.45) is 0 Å². The van der Waals surface area contributed by atoms with Crippen molar-refractivity contribution in [1.29, 1.82) is 0 Å². The molecule has 1 fully saturated rings. The van der Waals surface area contributed by atoms with E-state index in [2.05, 4.69) is 41.1 Å². The van der Waals surface area contributed by atoms with Gasteiger partial charge in [-0.3, -0.25) is 4.90 Å². The molecule has 1 saturated heterocycles. The molecule has 0 aliphatic carbocycles. The maximum Gasteiger partial charge on any atom is 0.110 e. The zero-order valence-electron chi connectivity index (χ0n) is 11.4. The zero-order chi connectivity index (χ0) is 13.1. The Kier molecular flexibility index (Phi) is 5.01. The molecule has 0 N–H and O–H groups in total. The number of alkyl halides is 1. The number of piperazine rings is 1. The summed E-state index contributed by atoms with van der Waals surface area (Å²) >= 11 is 7.59. The van der Waals surface area contributed by atoms with E-state index in [0.717, 1.165) is 31.7 Å². The molecular weight excluding hydrogens is 266 g/mol. The minimum absolute atomic E-state index is 0.461. The maximum atomic E-state index is 5.84. The predicted octanol–water partition coefficient (Wildman–Crippen LogP) is 2.97. The van der Waals surface area contributed by atoms with Crippen LogP contribution in [0.2, 0.25) is 0 Å². The average Bonchev–Trinajstić information content (AvgIpc) is 2.83. The van der Waals surface area contributed by atoms with Crippen LogP contribution < -0.4 is 0 Å². The topological polar surface area (TPSA) is 19.4 Å². The van der Waals surface area contributed by atoms with Crippen molar-refractivity contribution >= 4 is 22.9 Å².